The number of nitrogens with zero attached hydrogens (tertiary/aromatic N) is 1. The van der Waals surface area contributed by atoms with Crippen LogP contribution in [0.3, 0.4) is 0 Å². The monoisotopic (exact) mass is 268 g/mol. The maximum atomic E-state index is 11.2. The maximum Gasteiger partial charge on any atom is 0.416 e. The van der Waals surface area contributed by atoms with Crippen LogP contribution in [0.4, 0.5) is 4.79 Å². The van der Waals surface area contributed by atoms with Crippen LogP contribution < -0.4 is 5.73 Å². The molecule has 0 fully saturated rings. The fourth-order valence-corrected chi connectivity index (χ4v) is 1.75. The molecule has 1 unspecified atom stereocenters. The van der Waals surface area contributed by atoms with E-state index in [4.69, 9.17) is 10.5 Å². The molecule has 0 aromatic carbocycles. The fourth-order valence-electron chi connectivity index (χ4n) is 0.927. The molecule has 0 aromatic heterocycles. The van der Waals surface area contributed by atoms with Gasteiger partial charge in [0.2, 0.25) is 0 Å². The summed E-state index contributed by atoms with van der Waals surface area (Å²) >= 11 is 1.41. The van der Waals surface area contributed by atoms with E-state index in [0.717, 1.165) is 5.70 Å². The first-order chi connectivity index (χ1) is 5.66. The molecule has 1 aliphatic heterocycles. The molecule has 2 N–H and O–H groups in total. The molecule has 6 heteroatoms. The Morgan fingerprint density at radius 2 is 2.46 bits per heavy atom. The van der Waals surface area contributed by atoms with Crippen LogP contribution in [0.15, 0.2) is 11.1 Å². The minimum Gasteiger partial charge on any atom is -0.449 e. The van der Waals surface area contributed by atoms with Gasteiger partial charge < -0.3 is 10.5 Å². The number of rotatable bonds is 1. The summed E-state index contributed by atoms with van der Waals surface area (Å²) in [6.07, 6.45) is -0.372. The van der Waals surface area contributed by atoms with Crippen molar-refractivity contribution < 1.29 is 9.53 Å². The van der Waals surface area contributed by atoms with Gasteiger partial charge in [0.15, 0.2) is 0 Å². The summed E-state index contributed by atoms with van der Waals surface area (Å²) in [5.41, 5.74) is 6.15. The third kappa shape index (κ3) is 2.89. The number of carbonyl (C=O) groups is 1. The van der Waals surface area contributed by atoms with Crippen molar-refractivity contribution in [2.75, 3.05) is 6.61 Å². The second-order valence-electron chi connectivity index (χ2n) is 2.35. The van der Waals surface area contributed by atoms with Crippen LogP contribution in [0.2, 0.25) is 0 Å². The number of halogens is 1. The number of allylic oxidation sites excluding steroid dienone is 1. The molecule has 13 heavy (non-hydrogen) atoms. The van der Waals surface area contributed by atoms with Crippen molar-refractivity contribution in [3.63, 3.8) is 0 Å². The van der Waals surface area contributed by atoms with Gasteiger partial charge in [-0.1, -0.05) is 11.8 Å². The van der Waals surface area contributed by atoms with Gasteiger partial charge in [0, 0.05) is 5.70 Å². The van der Waals surface area contributed by atoms with E-state index in [-0.39, 0.29) is 28.6 Å². The van der Waals surface area contributed by atoms with Crippen molar-refractivity contribution >= 4 is 34.8 Å². The van der Waals surface area contributed by atoms with Gasteiger partial charge in [-0.05, 0) is 19.3 Å². The van der Waals surface area contributed by atoms with Crippen LogP contribution in [0, 0.1) is 0 Å². The van der Waals surface area contributed by atoms with E-state index in [1.54, 1.807) is 6.92 Å². The Labute approximate surface area is 92.2 Å². The molecular formula is C7H13BrN2O2S. The number of hydrogen-bond acceptors (Lipinski definition) is 4. The van der Waals surface area contributed by atoms with Gasteiger partial charge in [-0.25, -0.2) is 4.79 Å². The molecule has 0 aromatic rings. The molecule has 1 amide bonds. The molecule has 76 valence electrons. The maximum absolute atomic E-state index is 11.2. The van der Waals surface area contributed by atoms with Crippen molar-refractivity contribution in [1.82, 2.24) is 4.90 Å². The van der Waals surface area contributed by atoms with Crippen molar-refractivity contribution in [3.8, 4) is 0 Å². The fraction of sp³-hybridized carbons (Fsp3) is 0.571. The van der Waals surface area contributed by atoms with Gasteiger partial charge in [-0.15, -0.1) is 17.0 Å². The first kappa shape index (κ1) is 12.8. The molecule has 1 rings (SSSR count). The van der Waals surface area contributed by atoms with Gasteiger partial charge in [-0.2, -0.15) is 0 Å². The highest BCUT2D eigenvalue weighted by Gasteiger charge is 2.27. The SMILES string of the molecule is Br.CCOC(=O)N1C(C)=CSC1N. The summed E-state index contributed by atoms with van der Waals surface area (Å²) in [6.45, 7) is 3.97. The summed E-state index contributed by atoms with van der Waals surface area (Å²) in [7, 11) is 0. The molecule has 0 saturated heterocycles. The Hall–Kier alpha value is -0.200. The molecular weight excluding hydrogens is 256 g/mol. The Bertz CT molecular complexity index is 223. The molecule has 0 bridgehead atoms. The lowest BCUT2D eigenvalue weighted by molar-refractivity contribution is 0.117. The standard InChI is InChI=1S/C7H12N2O2S.BrH/c1-3-11-7(10)9-5(2)4-12-6(9)8;/h4,6H,3,8H2,1-2H3;1H. The summed E-state index contributed by atoms with van der Waals surface area (Å²) in [4.78, 5) is 12.7. The quantitative estimate of drug-likeness (QED) is 0.789. The van der Waals surface area contributed by atoms with Gasteiger partial charge in [-0.3, -0.25) is 4.90 Å². The van der Waals surface area contributed by atoms with Crippen LogP contribution in [-0.4, -0.2) is 23.1 Å². The average molecular weight is 269 g/mol. The number of thioether (sulfide) groups is 1. The summed E-state index contributed by atoms with van der Waals surface area (Å²) in [5, 5.41) is 1.85. The second-order valence-corrected chi connectivity index (χ2v) is 3.35. The predicted molar refractivity (Wildman–Crippen MR) is 58.5 cm³/mol. The van der Waals surface area contributed by atoms with Gasteiger partial charge in [0.1, 0.15) is 5.50 Å². The van der Waals surface area contributed by atoms with Crippen LogP contribution >= 0.6 is 28.7 Å². The topological polar surface area (TPSA) is 55.6 Å². The number of carbonyl (C=O) groups excluding carboxylic acids is 1. The van der Waals surface area contributed by atoms with Crippen LogP contribution in [0.5, 0.6) is 0 Å². The van der Waals surface area contributed by atoms with Crippen LogP contribution in [0.1, 0.15) is 13.8 Å². The predicted octanol–water partition coefficient (Wildman–Crippen LogP) is 1.87. The highest BCUT2D eigenvalue weighted by Crippen LogP contribution is 2.27. The van der Waals surface area contributed by atoms with E-state index >= 15 is 0 Å². The van der Waals surface area contributed by atoms with E-state index < -0.39 is 0 Å². The third-order valence-electron chi connectivity index (χ3n) is 1.48. The lowest BCUT2D eigenvalue weighted by atomic mass is 10.5. The number of nitrogens with two attached hydrogens (primary N) is 1. The zero-order valence-electron chi connectivity index (χ0n) is 7.52. The van der Waals surface area contributed by atoms with Crippen molar-refractivity contribution in [3.05, 3.63) is 11.1 Å². The Morgan fingerprint density at radius 1 is 1.85 bits per heavy atom. The number of amides is 1. The largest absolute Gasteiger partial charge is 0.449 e. The molecule has 1 heterocycles. The van der Waals surface area contributed by atoms with Crippen LogP contribution in [0.25, 0.3) is 0 Å². The Balaban J connectivity index is 0.00000144. The van der Waals surface area contributed by atoms with E-state index in [9.17, 15) is 4.79 Å². The van der Waals surface area contributed by atoms with E-state index in [2.05, 4.69) is 0 Å². The molecule has 0 spiro atoms. The molecule has 0 aliphatic carbocycles. The summed E-state index contributed by atoms with van der Waals surface area (Å²) in [5.74, 6) is 0. The molecule has 1 atom stereocenters. The van der Waals surface area contributed by atoms with E-state index in [1.165, 1.54) is 16.7 Å². The smallest absolute Gasteiger partial charge is 0.416 e. The lowest BCUT2D eigenvalue weighted by Gasteiger charge is -2.21. The molecule has 0 radical (unpaired) electrons. The third-order valence-corrected chi connectivity index (χ3v) is 2.44. The molecule has 4 nitrogen and oxygen atoms in total. The first-order valence-corrected chi connectivity index (χ1v) is 4.65. The molecule has 1 aliphatic rings. The van der Waals surface area contributed by atoms with Gasteiger partial charge >= 0.3 is 6.09 Å². The van der Waals surface area contributed by atoms with Gasteiger partial charge in [0.25, 0.3) is 0 Å². The molecule has 0 saturated carbocycles. The zero-order chi connectivity index (χ0) is 9.14. The highest BCUT2D eigenvalue weighted by atomic mass is 79.9. The van der Waals surface area contributed by atoms with E-state index in [0.29, 0.717) is 6.61 Å². The Morgan fingerprint density at radius 3 is 2.85 bits per heavy atom. The minimum atomic E-state index is -0.372. The Kier molecular flexibility index (Phi) is 5.43. The van der Waals surface area contributed by atoms with E-state index in [1.807, 2.05) is 12.3 Å². The lowest BCUT2D eigenvalue weighted by Crippen LogP contribution is -2.39. The van der Waals surface area contributed by atoms with Gasteiger partial charge in [0.05, 0.1) is 6.61 Å². The number of hydrogen-bond donors (Lipinski definition) is 1. The van der Waals surface area contributed by atoms with Crippen LogP contribution in [-0.2, 0) is 4.74 Å². The second kappa shape index (κ2) is 5.51. The summed E-state index contributed by atoms with van der Waals surface area (Å²) < 4.78 is 4.82. The minimum absolute atomic E-state index is 0. The first-order valence-electron chi connectivity index (χ1n) is 3.70. The van der Waals surface area contributed by atoms with Crippen molar-refractivity contribution in [1.29, 1.82) is 0 Å². The average Bonchev–Trinajstić information content (AvgIpc) is 2.32. The number of ether oxygens (including phenoxy) is 1. The zero-order valence-corrected chi connectivity index (χ0v) is 10.0. The summed E-state index contributed by atoms with van der Waals surface area (Å²) in [6, 6.07) is 0. The normalized spacial score (nSPS) is 20.7. The highest BCUT2D eigenvalue weighted by molar-refractivity contribution is 8.93. The van der Waals surface area contributed by atoms with Crippen molar-refractivity contribution in [2.45, 2.75) is 19.3 Å². The van der Waals surface area contributed by atoms with Crippen molar-refractivity contribution in [2.24, 2.45) is 5.73 Å².